The summed E-state index contributed by atoms with van der Waals surface area (Å²) in [7, 11) is 0. The molecule has 2 nitrogen and oxygen atoms in total. The van der Waals surface area contributed by atoms with E-state index >= 15 is 0 Å². The van der Waals surface area contributed by atoms with E-state index in [1.165, 1.54) is 0 Å². The molecule has 64 valence electrons. The van der Waals surface area contributed by atoms with Crippen molar-refractivity contribution in [2.75, 3.05) is 0 Å². The van der Waals surface area contributed by atoms with Gasteiger partial charge in [-0.3, -0.25) is 0 Å². The van der Waals surface area contributed by atoms with Crippen molar-refractivity contribution in [3.05, 3.63) is 12.7 Å². The van der Waals surface area contributed by atoms with Crippen LogP contribution in [0.1, 0.15) is 25.7 Å². The van der Waals surface area contributed by atoms with Crippen LogP contribution in [0.2, 0.25) is 0 Å². The smallest absolute Gasteiger partial charge is 0.550 e. The topological polar surface area (TPSA) is 40.1 Å². The maximum Gasteiger partial charge on any atom is 1.00 e. The van der Waals surface area contributed by atoms with E-state index in [1.807, 2.05) is 0 Å². The summed E-state index contributed by atoms with van der Waals surface area (Å²) in [6.45, 7) is 3.53. The van der Waals surface area contributed by atoms with Crippen LogP contribution in [-0.4, -0.2) is 11.3 Å². The van der Waals surface area contributed by atoms with Crippen molar-refractivity contribution < 1.29 is 61.3 Å². The number of aliphatic carboxylic acids is 1. The number of carbonyl (C=O) groups excluding carboxylic acids is 1. The summed E-state index contributed by atoms with van der Waals surface area (Å²) in [6.07, 6.45) is 3.86. The Hall–Kier alpha value is 1.14. The molecule has 4 heteroatoms. The molecule has 0 rings (SSSR count). The number of hydrogen-bond donors (Lipinski definition) is 0. The van der Waals surface area contributed by atoms with Gasteiger partial charge in [-0.25, -0.2) is 0 Å². The van der Waals surface area contributed by atoms with E-state index in [4.69, 9.17) is 11.6 Å². The van der Waals surface area contributed by atoms with Gasteiger partial charge in [0.2, 0.25) is 0 Å². The monoisotopic (exact) mass is 214 g/mol. The van der Waals surface area contributed by atoms with Crippen molar-refractivity contribution >= 4 is 17.6 Å². The van der Waals surface area contributed by atoms with Crippen LogP contribution in [0, 0.1) is 0 Å². The Labute approximate surface area is 121 Å². The first kappa shape index (κ1) is 15.6. The van der Waals surface area contributed by atoms with Gasteiger partial charge in [0.25, 0.3) is 0 Å². The van der Waals surface area contributed by atoms with Gasteiger partial charge in [-0.15, -0.1) is 18.2 Å². The molecule has 0 saturated carbocycles. The molecular weight excluding hydrogens is 203 g/mol. The largest absolute Gasteiger partial charge is 1.00 e. The number of allylic oxidation sites excluding steroid dienone is 1. The number of carboxylic acid groups (broad SMARTS) is 1. The van der Waals surface area contributed by atoms with Gasteiger partial charge in [-0.2, -0.15) is 0 Å². The third-order valence-electron chi connectivity index (χ3n) is 1.32. The van der Waals surface area contributed by atoms with E-state index < -0.39 is 5.97 Å². The minimum atomic E-state index is -1.01. The van der Waals surface area contributed by atoms with Crippen LogP contribution in [0.5, 0.6) is 0 Å². The maximum absolute atomic E-state index is 9.96. The van der Waals surface area contributed by atoms with Gasteiger partial charge in [0.15, 0.2) is 0 Å². The zero-order valence-corrected chi connectivity index (χ0v) is 11.3. The molecule has 0 N–H and O–H groups in total. The first-order chi connectivity index (χ1) is 5.16. The third kappa shape index (κ3) is 11.1. The predicted octanol–water partition coefficient (Wildman–Crippen LogP) is -1.91. The van der Waals surface area contributed by atoms with Gasteiger partial charge >= 0.3 is 51.4 Å². The fraction of sp³-hybridized carbons (Fsp3) is 0.625. The SMILES string of the molecule is C=CCC(Cl)CCCC(=O)[O-].[K+]. The van der Waals surface area contributed by atoms with Gasteiger partial charge in [0, 0.05) is 11.3 Å². The molecule has 12 heavy (non-hydrogen) atoms. The van der Waals surface area contributed by atoms with Crippen LogP contribution >= 0.6 is 11.6 Å². The summed E-state index contributed by atoms with van der Waals surface area (Å²) in [6, 6.07) is 0. The van der Waals surface area contributed by atoms with Gasteiger partial charge in [-0.05, 0) is 25.7 Å². The predicted molar refractivity (Wildman–Crippen MR) is 43.3 cm³/mol. The van der Waals surface area contributed by atoms with E-state index in [2.05, 4.69) is 6.58 Å². The first-order valence-electron chi connectivity index (χ1n) is 3.61. The summed E-state index contributed by atoms with van der Waals surface area (Å²) < 4.78 is 0. The van der Waals surface area contributed by atoms with Crippen LogP contribution in [-0.2, 0) is 4.79 Å². The van der Waals surface area contributed by atoms with Crippen molar-refractivity contribution in [2.24, 2.45) is 0 Å². The van der Waals surface area contributed by atoms with E-state index in [0.717, 1.165) is 6.42 Å². The second kappa shape index (κ2) is 10.2. The number of rotatable bonds is 6. The molecule has 0 radical (unpaired) electrons. The molecule has 0 saturated heterocycles. The van der Waals surface area contributed by atoms with Crippen LogP contribution in [0.4, 0.5) is 0 Å². The van der Waals surface area contributed by atoms with Crippen LogP contribution < -0.4 is 56.5 Å². The molecule has 1 unspecified atom stereocenters. The van der Waals surface area contributed by atoms with Gasteiger partial charge in [-0.1, -0.05) is 6.08 Å². The third-order valence-corrected chi connectivity index (χ3v) is 1.72. The molecule has 0 aliphatic carbocycles. The Morgan fingerprint density at radius 1 is 1.67 bits per heavy atom. The molecule has 0 heterocycles. The van der Waals surface area contributed by atoms with Gasteiger partial charge in [0.05, 0.1) is 0 Å². The molecule has 1 atom stereocenters. The summed E-state index contributed by atoms with van der Waals surface area (Å²) >= 11 is 5.78. The summed E-state index contributed by atoms with van der Waals surface area (Å²) in [5.41, 5.74) is 0. The molecule has 0 fully saturated rings. The summed E-state index contributed by atoms with van der Waals surface area (Å²) in [5.74, 6) is -1.01. The van der Waals surface area contributed by atoms with E-state index in [-0.39, 0.29) is 63.2 Å². The van der Waals surface area contributed by atoms with Crippen molar-refractivity contribution in [1.29, 1.82) is 0 Å². The Bertz CT molecular complexity index is 139. The summed E-state index contributed by atoms with van der Waals surface area (Å²) in [5, 5.41) is 9.98. The van der Waals surface area contributed by atoms with E-state index in [1.54, 1.807) is 6.08 Å². The molecule has 0 aromatic rings. The molecule has 0 aliphatic heterocycles. The van der Waals surface area contributed by atoms with Crippen molar-refractivity contribution in [3.63, 3.8) is 0 Å². The number of halogens is 1. The average molecular weight is 215 g/mol. The molecule has 0 aromatic carbocycles. The minimum absolute atomic E-state index is 0. The van der Waals surface area contributed by atoms with Gasteiger partial charge < -0.3 is 9.90 Å². The van der Waals surface area contributed by atoms with Gasteiger partial charge in [0.1, 0.15) is 0 Å². The van der Waals surface area contributed by atoms with Crippen molar-refractivity contribution in [2.45, 2.75) is 31.1 Å². The van der Waals surface area contributed by atoms with Crippen LogP contribution in [0.3, 0.4) is 0 Å². The maximum atomic E-state index is 9.96. The molecular formula is C8H12ClKO2. The fourth-order valence-corrected chi connectivity index (χ4v) is 1.05. The zero-order chi connectivity index (χ0) is 8.69. The normalized spacial score (nSPS) is 11.4. The van der Waals surface area contributed by atoms with E-state index in [9.17, 15) is 9.90 Å². The molecule has 0 aliphatic rings. The fourth-order valence-electron chi connectivity index (χ4n) is 0.767. The second-order valence-electron chi connectivity index (χ2n) is 2.39. The van der Waals surface area contributed by atoms with Crippen LogP contribution in [0.25, 0.3) is 0 Å². The summed E-state index contributed by atoms with van der Waals surface area (Å²) in [4.78, 5) is 9.96. The first-order valence-corrected chi connectivity index (χ1v) is 4.05. The minimum Gasteiger partial charge on any atom is -0.550 e. The second-order valence-corrected chi connectivity index (χ2v) is 3.00. The Kier molecular flexibility index (Phi) is 13.3. The number of carbonyl (C=O) groups is 1. The molecule has 0 bridgehead atoms. The van der Waals surface area contributed by atoms with Crippen molar-refractivity contribution in [1.82, 2.24) is 0 Å². The number of carboxylic acids is 1. The average Bonchev–Trinajstić information content (AvgIpc) is 1.87. The Morgan fingerprint density at radius 2 is 2.25 bits per heavy atom. The number of alkyl halides is 1. The Morgan fingerprint density at radius 3 is 2.67 bits per heavy atom. The van der Waals surface area contributed by atoms with Crippen LogP contribution in [0.15, 0.2) is 12.7 Å². The molecule has 0 spiro atoms. The standard InChI is InChI=1S/C8H13ClO2.K/c1-2-4-7(9)5-3-6-8(10)11;/h2,7H,1,3-6H2,(H,10,11);/q;+1/p-1. The quantitative estimate of drug-likeness (QED) is 0.294. The Balaban J connectivity index is 0. The van der Waals surface area contributed by atoms with E-state index in [0.29, 0.717) is 12.8 Å². The molecule has 0 amide bonds. The zero-order valence-electron chi connectivity index (χ0n) is 7.38. The van der Waals surface area contributed by atoms with Crippen molar-refractivity contribution in [3.8, 4) is 0 Å². The molecule has 0 aromatic heterocycles. The number of hydrogen-bond acceptors (Lipinski definition) is 2.